The first-order valence-corrected chi connectivity index (χ1v) is 5.44. The molecular weight excluding hydrogens is 176 g/mol. The van der Waals surface area contributed by atoms with Crippen molar-refractivity contribution in [2.45, 2.75) is 31.9 Å². The van der Waals surface area contributed by atoms with E-state index in [0.717, 1.165) is 32.7 Å². The van der Waals surface area contributed by atoms with Crippen LogP contribution in [0.5, 0.6) is 0 Å². The van der Waals surface area contributed by atoms with Crippen LogP contribution in [0, 0.1) is 0 Å². The number of hydrogen-bond donors (Lipinski definition) is 1. The largest absolute Gasteiger partial charge is 0.374 e. The minimum absolute atomic E-state index is 0.136. The van der Waals surface area contributed by atoms with E-state index in [1.54, 1.807) is 0 Å². The fourth-order valence-electron chi connectivity index (χ4n) is 1.71. The summed E-state index contributed by atoms with van der Waals surface area (Å²) >= 11 is 0. The molecule has 1 rings (SSSR count). The zero-order valence-corrected chi connectivity index (χ0v) is 9.11. The van der Waals surface area contributed by atoms with E-state index >= 15 is 0 Å². The number of nitrogens with zero attached hydrogens (tertiary/aromatic N) is 1. The Hall–Kier alpha value is -0.380. The summed E-state index contributed by atoms with van der Waals surface area (Å²) in [4.78, 5) is 2.43. The molecule has 0 aliphatic carbocycles. The monoisotopic (exact) mass is 198 g/mol. The van der Waals surface area contributed by atoms with Gasteiger partial charge in [-0.1, -0.05) is 6.08 Å². The highest BCUT2D eigenvalue weighted by atomic mass is 16.5. The standard InChI is InChI=1S/C11H22N2O/c1-3-4-5-6-13-7-8-14-11(9-13)10(2)12/h3,10-11H,1,4-9,12H2,2H3. The van der Waals surface area contributed by atoms with Crippen LogP contribution in [0.3, 0.4) is 0 Å². The molecule has 2 N–H and O–H groups in total. The van der Waals surface area contributed by atoms with Crippen LogP contribution in [-0.4, -0.2) is 43.3 Å². The van der Waals surface area contributed by atoms with Gasteiger partial charge in [0, 0.05) is 19.1 Å². The summed E-state index contributed by atoms with van der Waals surface area (Å²) in [5.74, 6) is 0. The fourth-order valence-corrected chi connectivity index (χ4v) is 1.71. The van der Waals surface area contributed by atoms with Gasteiger partial charge in [-0.3, -0.25) is 4.90 Å². The normalized spacial score (nSPS) is 26.0. The number of rotatable bonds is 5. The van der Waals surface area contributed by atoms with E-state index in [2.05, 4.69) is 11.5 Å². The van der Waals surface area contributed by atoms with Crippen LogP contribution in [0.4, 0.5) is 0 Å². The number of unbranched alkanes of at least 4 members (excludes halogenated alkanes) is 1. The molecule has 1 aliphatic heterocycles. The third-order valence-corrected chi connectivity index (χ3v) is 2.65. The van der Waals surface area contributed by atoms with Crippen LogP contribution in [-0.2, 0) is 4.74 Å². The number of ether oxygens (including phenoxy) is 1. The van der Waals surface area contributed by atoms with E-state index < -0.39 is 0 Å². The molecule has 0 radical (unpaired) electrons. The average molecular weight is 198 g/mol. The predicted octanol–water partition coefficient (Wildman–Crippen LogP) is 1.00. The lowest BCUT2D eigenvalue weighted by atomic mass is 10.1. The van der Waals surface area contributed by atoms with Gasteiger partial charge < -0.3 is 10.5 Å². The van der Waals surface area contributed by atoms with E-state index in [1.807, 2.05) is 13.0 Å². The Morgan fingerprint density at radius 3 is 3.14 bits per heavy atom. The van der Waals surface area contributed by atoms with Gasteiger partial charge in [-0.2, -0.15) is 0 Å². The van der Waals surface area contributed by atoms with E-state index in [-0.39, 0.29) is 12.1 Å². The fraction of sp³-hybridized carbons (Fsp3) is 0.818. The minimum atomic E-state index is 0.136. The van der Waals surface area contributed by atoms with Gasteiger partial charge in [-0.05, 0) is 26.3 Å². The molecule has 2 atom stereocenters. The first kappa shape index (κ1) is 11.7. The van der Waals surface area contributed by atoms with Crippen molar-refractivity contribution in [1.29, 1.82) is 0 Å². The van der Waals surface area contributed by atoms with Crippen molar-refractivity contribution in [2.24, 2.45) is 5.73 Å². The molecule has 3 heteroatoms. The van der Waals surface area contributed by atoms with Crippen LogP contribution in [0.15, 0.2) is 12.7 Å². The molecular formula is C11H22N2O. The summed E-state index contributed by atoms with van der Waals surface area (Å²) in [5.41, 5.74) is 5.82. The summed E-state index contributed by atoms with van der Waals surface area (Å²) in [6, 6.07) is 0.136. The molecule has 14 heavy (non-hydrogen) atoms. The van der Waals surface area contributed by atoms with Crippen molar-refractivity contribution in [3.63, 3.8) is 0 Å². The summed E-state index contributed by atoms with van der Waals surface area (Å²) in [5, 5.41) is 0. The van der Waals surface area contributed by atoms with Crippen LogP contribution >= 0.6 is 0 Å². The highest BCUT2D eigenvalue weighted by molar-refractivity contribution is 4.78. The molecule has 1 heterocycles. The smallest absolute Gasteiger partial charge is 0.0850 e. The molecule has 0 spiro atoms. The number of allylic oxidation sites excluding steroid dienone is 1. The van der Waals surface area contributed by atoms with Crippen LogP contribution in [0.1, 0.15) is 19.8 Å². The van der Waals surface area contributed by atoms with Crippen molar-refractivity contribution in [1.82, 2.24) is 4.90 Å². The van der Waals surface area contributed by atoms with Crippen LogP contribution in [0.2, 0.25) is 0 Å². The van der Waals surface area contributed by atoms with E-state index in [4.69, 9.17) is 10.5 Å². The van der Waals surface area contributed by atoms with Gasteiger partial charge in [0.15, 0.2) is 0 Å². The molecule has 1 saturated heterocycles. The highest BCUT2D eigenvalue weighted by Crippen LogP contribution is 2.08. The maximum Gasteiger partial charge on any atom is 0.0850 e. The average Bonchev–Trinajstić information content (AvgIpc) is 2.19. The topological polar surface area (TPSA) is 38.5 Å². The molecule has 3 nitrogen and oxygen atoms in total. The first-order valence-electron chi connectivity index (χ1n) is 5.44. The molecule has 0 aromatic rings. The van der Waals surface area contributed by atoms with Gasteiger partial charge in [0.2, 0.25) is 0 Å². The number of hydrogen-bond acceptors (Lipinski definition) is 3. The minimum Gasteiger partial charge on any atom is -0.374 e. The summed E-state index contributed by atoms with van der Waals surface area (Å²) in [6.45, 7) is 9.72. The van der Waals surface area contributed by atoms with Gasteiger partial charge in [0.1, 0.15) is 0 Å². The zero-order chi connectivity index (χ0) is 10.4. The Morgan fingerprint density at radius 2 is 2.50 bits per heavy atom. The number of nitrogens with two attached hydrogens (primary N) is 1. The molecule has 0 saturated carbocycles. The molecule has 0 aromatic carbocycles. The second-order valence-electron chi connectivity index (χ2n) is 4.00. The molecule has 2 unspecified atom stereocenters. The van der Waals surface area contributed by atoms with Crippen molar-refractivity contribution >= 4 is 0 Å². The molecule has 0 bridgehead atoms. The maximum atomic E-state index is 5.82. The van der Waals surface area contributed by atoms with Gasteiger partial charge >= 0.3 is 0 Å². The zero-order valence-electron chi connectivity index (χ0n) is 9.11. The van der Waals surface area contributed by atoms with Crippen LogP contribution < -0.4 is 5.73 Å². The predicted molar refractivity (Wildman–Crippen MR) is 59.3 cm³/mol. The first-order chi connectivity index (χ1) is 6.74. The van der Waals surface area contributed by atoms with Crippen molar-refractivity contribution in [3.8, 4) is 0 Å². The molecule has 1 aliphatic rings. The SMILES string of the molecule is C=CCCCN1CCOC(C(C)N)C1. The summed E-state index contributed by atoms with van der Waals surface area (Å²) in [7, 11) is 0. The maximum absolute atomic E-state index is 5.82. The Labute approximate surface area is 86.9 Å². The second-order valence-corrected chi connectivity index (χ2v) is 4.00. The molecule has 0 amide bonds. The number of morpholine rings is 1. The lowest BCUT2D eigenvalue weighted by molar-refractivity contribution is -0.0377. The van der Waals surface area contributed by atoms with E-state index in [9.17, 15) is 0 Å². The Morgan fingerprint density at radius 1 is 1.71 bits per heavy atom. The van der Waals surface area contributed by atoms with Gasteiger partial charge in [-0.25, -0.2) is 0 Å². The molecule has 0 aromatic heterocycles. The van der Waals surface area contributed by atoms with Crippen molar-refractivity contribution in [3.05, 3.63) is 12.7 Å². The van der Waals surface area contributed by atoms with Gasteiger partial charge in [-0.15, -0.1) is 6.58 Å². The third-order valence-electron chi connectivity index (χ3n) is 2.65. The molecule has 1 fully saturated rings. The lowest BCUT2D eigenvalue weighted by Crippen LogP contribution is -2.49. The second kappa shape index (κ2) is 6.17. The Bertz CT molecular complexity index is 171. The Balaban J connectivity index is 2.22. The lowest BCUT2D eigenvalue weighted by Gasteiger charge is -2.34. The Kier molecular flexibility index (Phi) is 5.15. The van der Waals surface area contributed by atoms with Crippen LogP contribution in [0.25, 0.3) is 0 Å². The third kappa shape index (κ3) is 3.78. The van der Waals surface area contributed by atoms with Gasteiger partial charge in [0.25, 0.3) is 0 Å². The van der Waals surface area contributed by atoms with Crippen molar-refractivity contribution < 1.29 is 4.74 Å². The van der Waals surface area contributed by atoms with Gasteiger partial charge in [0.05, 0.1) is 12.7 Å². The summed E-state index contributed by atoms with van der Waals surface area (Å²) < 4.78 is 5.59. The molecule has 82 valence electrons. The summed E-state index contributed by atoms with van der Waals surface area (Å²) in [6.07, 6.45) is 4.48. The van der Waals surface area contributed by atoms with E-state index in [0.29, 0.717) is 0 Å². The highest BCUT2D eigenvalue weighted by Gasteiger charge is 2.22. The quantitative estimate of drug-likeness (QED) is 0.529. The van der Waals surface area contributed by atoms with E-state index in [1.165, 1.54) is 6.42 Å². The van der Waals surface area contributed by atoms with Crippen molar-refractivity contribution in [2.75, 3.05) is 26.2 Å².